The number of carbonyl (C=O) groups is 1. The Morgan fingerprint density at radius 1 is 1.19 bits per heavy atom. The van der Waals surface area contributed by atoms with Crippen LogP contribution >= 0.6 is 45.8 Å². The van der Waals surface area contributed by atoms with Crippen molar-refractivity contribution in [3.8, 4) is 0 Å². The van der Waals surface area contributed by atoms with E-state index >= 15 is 0 Å². The topological polar surface area (TPSA) is 29.1 Å². The van der Waals surface area contributed by atoms with Crippen molar-refractivity contribution < 1.29 is 4.79 Å². The highest BCUT2D eigenvalue weighted by Crippen LogP contribution is 2.23. The van der Waals surface area contributed by atoms with Crippen LogP contribution in [0.3, 0.4) is 0 Å². The molecule has 5 heteroatoms. The number of benzene rings is 2. The van der Waals surface area contributed by atoms with Crippen LogP contribution in [0.5, 0.6) is 0 Å². The Balaban J connectivity index is 2.22. The molecule has 2 nitrogen and oxygen atoms in total. The fourth-order valence-corrected chi connectivity index (χ4v) is 3.00. The van der Waals surface area contributed by atoms with E-state index in [0.29, 0.717) is 15.6 Å². The molecule has 0 heterocycles. The molecular formula is C16H14Cl2INO. The smallest absolute Gasteiger partial charge is 0.252 e. The highest BCUT2D eigenvalue weighted by atomic mass is 127. The molecule has 110 valence electrons. The maximum atomic E-state index is 12.4. The van der Waals surface area contributed by atoms with Crippen LogP contribution in [-0.2, 0) is 0 Å². The third-order valence-corrected chi connectivity index (χ3v) is 4.55. The zero-order valence-electron chi connectivity index (χ0n) is 11.4. The van der Waals surface area contributed by atoms with Gasteiger partial charge in [0.05, 0.1) is 11.6 Å². The van der Waals surface area contributed by atoms with Gasteiger partial charge in [-0.1, -0.05) is 42.3 Å². The summed E-state index contributed by atoms with van der Waals surface area (Å²) in [4.78, 5) is 12.4. The van der Waals surface area contributed by atoms with Crippen molar-refractivity contribution in [3.63, 3.8) is 0 Å². The standard InChI is InChI=1S/C16H14Cl2INO/c1-2-15(10-4-3-5-11(17)8-10)20-16(21)13-9-12(18)6-7-14(13)19/h3-9,15H,2H2,1H3,(H,20,21). The van der Waals surface area contributed by atoms with Crippen LogP contribution in [0, 0.1) is 3.57 Å². The second kappa shape index (κ2) is 7.47. The molecule has 21 heavy (non-hydrogen) atoms. The van der Waals surface area contributed by atoms with Crippen molar-refractivity contribution in [3.05, 3.63) is 67.2 Å². The predicted molar refractivity (Wildman–Crippen MR) is 96.1 cm³/mol. The summed E-state index contributed by atoms with van der Waals surface area (Å²) < 4.78 is 0.871. The highest BCUT2D eigenvalue weighted by Gasteiger charge is 2.16. The van der Waals surface area contributed by atoms with E-state index in [2.05, 4.69) is 27.9 Å². The van der Waals surface area contributed by atoms with Gasteiger partial charge in [-0.2, -0.15) is 0 Å². The minimum atomic E-state index is -0.131. The minimum absolute atomic E-state index is 0.0778. The van der Waals surface area contributed by atoms with Gasteiger partial charge in [0, 0.05) is 13.6 Å². The van der Waals surface area contributed by atoms with Crippen molar-refractivity contribution in [2.45, 2.75) is 19.4 Å². The minimum Gasteiger partial charge on any atom is -0.345 e. The fourth-order valence-electron chi connectivity index (χ4n) is 2.05. The maximum absolute atomic E-state index is 12.4. The van der Waals surface area contributed by atoms with Crippen LogP contribution < -0.4 is 5.32 Å². The Kier molecular flexibility index (Phi) is 5.90. The molecule has 0 fully saturated rings. The Bertz CT molecular complexity index is 660. The van der Waals surface area contributed by atoms with Crippen molar-refractivity contribution in [1.29, 1.82) is 0 Å². The van der Waals surface area contributed by atoms with E-state index in [9.17, 15) is 4.79 Å². The van der Waals surface area contributed by atoms with Crippen LogP contribution in [0.25, 0.3) is 0 Å². The molecule has 2 aromatic carbocycles. The average Bonchev–Trinajstić information content (AvgIpc) is 2.47. The Morgan fingerprint density at radius 2 is 1.90 bits per heavy atom. The molecule has 0 aliphatic rings. The molecule has 2 rings (SSSR count). The van der Waals surface area contributed by atoms with E-state index in [1.165, 1.54) is 0 Å². The van der Waals surface area contributed by atoms with Crippen molar-refractivity contribution in [2.75, 3.05) is 0 Å². The van der Waals surface area contributed by atoms with E-state index in [-0.39, 0.29) is 11.9 Å². The third kappa shape index (κ3) is 4.34. The van der Waals surface area contributed by atoms with Gasteiger partial charge < -0.3 is 5.32 Å². The summed E-state index contributed by atoms with van der Waals surface area (Å²) in [5, 5.41) is 4.25. The zero-order chi connectivity index (χ0) is 15.4. The lowest BCUT2D eigenvalue weighted by Crippen LogP contribution is -2.28. The Labute approximate surface area is 148 Å². The number of rotatable bonds is 4. The number of amides is 1. The lowest BCUT2D eigenvalue weighted by atomic mass is 10.0. The van der Waals surface area contributed by atoms with Gasteiger partial charge in [0.15, 0.2) is 0 Å². The number of carbonyl (C=O) groups excluding carboxylic acids is 1. The van der Waals surface area contributed by atoms with E-state index in [4.69, 9.17) is 23.2 Å². The van der Waals surface area contributed by atoms with Crippen molar-refractivity contribution in [2.24, 2.45) is 0 Å². The van der Waals surface area contributed by atoms with E-state index in [1.807, 2.05) is 37.3 Å². The van der Waals surface area contributed by atoms with E-state index in [0.717, 1.165) is 15.6 Å². The number of halogens is 3. The van der Waals surface area contributed by atoms with Gasteiger partial charge in [0.1, 0.15) is 0 Å². The molecular weight excluding hydrogens is 420 g/mol. The Morgan fingerprint density at radius 3 is 2.57 bits per heavy atom. The van der Waals surface area contributed by atoms with Gasteiger partial charge >= 0.3 is 0 Å². The lowest BCUT2D eigenvalue weighted by Gasteiger charge is -2.18. The first kappa shape index (κ1) is 16.6. The number of hydrogen-bond donors (Lipinski definition) is 1. The first-order chi connectivity index (χ1) is 10.0. The van der Waals surface area contributed by atoms with E-state index < -0.39 is 0 Å². The lowest BCUT2D eigenvalue weighted by molar-refractivity contribution is 0.0934. The van der Waals surface area contributed by atoms with Gasteiger partial charge in [-0.05, 0) is 64.9 Å². The van der Waals surface area contributed by atoms with Crippen LogP contribution in [0.15, 0.2) is 42.5 Å². The molecule has 0 aromatic heterocycles. The summed E-state index contributed by atoms with van der Waals surface area (Å²) in [6, 6.07) is 12.7. The summed E-state index contributed by atoms with van der Waals surface area (Å²) in [5.74, 6) is -0.131. The summed E-state index contributed by atoms with van der Waals surface area (Å²) in [6.07, 6.45) is 0.781. The summed E-state index contributed by atoms with van der Waals surface area (Å²) >= 11 is 14.1. The second-order valence-corrected chi connectivity index (χ2v) is 6.65. The molecule has 0 aliphatic heterocycles. The van der Waals surface area contributed by atoms with Crippen molar-refractivity contribution >= 4 is 51.7 Å². The third-order valence-electron chi connectivity index (χ3n) is 3.14. The monoisotopic (exact) mass is 433 g/mol. The van der Waals surface area contributed by atoms with Crippen LogP contribution in [0.1, 0.15) is 35.3 Å². The van der Waals surface area contributed by atoms with Gasteiger partial charge in [-0.3, -0.25) is 4.79 Å². The quantitative estimate of drug-likeness (QED) is 0.635. The second-order valence-electron chi connectivity index (χ2n) is 4.61. The molecule has 1 amide bonds. The molecule has 0 spiro atoms. The van der Waals surface area contributed by atoms with Gasteiger partial charge in [0.2, 0.25) is 0 Å². The molecule has 1 unspecified atom stereocenters. The van der Waals surface area contributed by atoms with Gasteiger partial charge in [0.25, 0.3) is 5.91 Å². The summed E-state index contributed by atoms with van der Waals surface area (Å²) in [5.41, 5.74) is 1.58. The normalized spacial score (nSPS) is 12.0. The number of hydrogen-bond acceptors (Lipinski definition) is 1. The molecule has 1 atom stereocenters. The highest BCUT2D eigenvalue weighted by molar-refractivity contribution is 14.1. The first-order valence-corrected chi connectivity index (χ1v) is 8.36. The number of nitrogens with one attached hydrogen (secondary N) is 1. The van der Waals surface area contributed by atoms with E-state index in [1.54, 1.807) is 12.1 Å². The predicted octanol–water partition coefficient (Wildman–Crippen LogP) is 5.48. The largest absolute Gasteiger partial charge is 0.345 e. The summed E-state index contributed by atoms with van der Waals surface area (Å²) in [6.45, 7) is 2.02. The molecule has 2 aromatic rings. The van der Waals surface area contributed by atoms with Crippen LogP contribution in [0.2, 0.25) is 10.0 Å². The maximum Gasteiger partial charge on any atom is 0.252 e. The zero-order valence-corrected chi connectivity index (χ0v) is 15.0. The molecule has 0 saturated carbocycles. The van der Waals surface area contributed by atoms with Crippen LogP contribution in [-0.4, -0.2) is 5.91 Å². The fraction of sp³-hybridized carbons (Fsp3) is 0.188. The van der Waals surface area contributed by atoms with Gasteiger partial charge in [-0.15, -0.1) is 0 Å². The van der Waals surface area contributed by atoms with Gasteiger partial charge in [-0.25, -0.2) is 0 Å². The molecule has 0 radical (unpaired) electrons. The Hall–Kier alpha value is -0.780. The molecule has 0 bridgehead atoms. The summed E-state index contributed by atoms with van der Waals surface area (Å²) in [7, 11) is 0. The van der Waals surface area contributed by atoms with Crippen molar-refractivity contribution in [1.82, 2.24) is 5.32 Å². The average molecular weight is 434 g/mol. The molecule has 0 aliphatic carbocycles. The van der Waals surface area contributed by atoms with Crippen LogP contribution in [0.4, 0.5) is 0 Å². The first-order valence-electron chi connectivity index (χ1n) is 6.52. The molecule has 1 N–H and O–H groups in total. The SMILES string of the molecule is CCC(NC(=O)c1cc(Cl)ccc1I)c1cccc(Cl)c1. The molecule has 0 saturated heterocycles.